The van der Waals surface area contributed by atoms with Gasteiger partial charge in [-0.15, -0.1) is 0 Å². The molecule has 0 heterocycles. The number of nitrogens with one attached hydrogen (secondary N) is 1. The smallest absolute Gasteiger partial charge is 0.128 e. The van der Waals surface area contributed by atoms with Gasteiger partial charge in [-0.25, -0.2) is 4.39 Å². The minimum Gasteiger partial charge on any atom is -0.310 e. The molecule has 0 bridgehead atoms. The Morgan fingerprint density at radius 3 is 2.87 bits per heavy atom. The lowest BCUT2D eigenvalue weighted by Crippen LogP contribution is -2.23. The first kappa shape index (κ1) is 11.1. The SMILES string of the molecule is CCNC(c1cc(Br)ccc1F)C1CC1. The van der Waals surface area contributed by atoms with Gasteiger partial charge < -0.3 is 5.32 Å². The van der Waals surface area contributed by atoms with Crippen LogP contribution in [0.25, 0.3) is 0 Å². The van der Waals surface area contributed by atoms with Crippen LogP contribution in [0.4, 0.5) is 4.39 Å². The normalized spacial score (nSPS) is 17.8. The zero-order valence-electron chi connectivity index (χ0n) is 8.76. The predicted octanol–water partition coefficient (Wildman–Crippen LogP) is 3.65. The molecule has 1 aliphatic carbocycles. The summed E-state index contributed by atoms with van der Waals surface area (Å²) in [6, 6.07) is 5.36. The van der Waals surface area contributed by atoms with Crippen molar-refractivity contribution in [2.45, 2.75) is 25.8 Å². The molecule has 1 atom stereocenters. The Morgan fingerprint density at radius 1 is 1.53 bits per heavy atom. The minimum atomic E-state index is -0.101. The van der Waals surface area contributed by atoms with Crippen LogP contribution in [0.1, 0.15) is 31.4 Å². The van der Waals surface area contributed by atoms with E-state index in [0.717, 1.165) is 16.6 Å². The van der Waals surface area contributed by atoms with E-state index in [1.807, 2.05) is 6.07 Å². The van der Waals surface area contributed by atoms with E-state index in [9.17, 15) is 4.39 Å². The molecule has 0 saturated heterocycles. The lowest BCUT2D eigenvalue weighted by atomic mass is 10.0. The summed E-state index contributed by atoms with van der Waals surface area (Å²) in [4.78, 5) is 0. The third-order valence-electron chi connectivity index (χ3n) is 2.81. The third kappa shape index (κ3) is 2.58. The molecule has 0 aromatic heterocycles. The van der Waals surface area contributed by atoms with E-state index in [0.29, 0.717) is 5.92 Å². The van der Waals surface area contributed by atoms with Gasteiger partial charge in [0.15, 0.2) is 0 Å². The average Bonchev–Trinajstić information content (AvgIpc) is 3.02. The number of hydrogen-bond acceptors (Lipinski definition) is 1. The Labute approximate surface area is 98.2 Å². The van der Waals surface area contributed by atoms with Crippen LogP contribution in [0, 0.1) is 11.7 Å². The van der Waals surface area contributed by atoms with E-state index in [-0.39, 0.29) is 11.9 Å². The zero-order valence-corrected chi connectivity index (χ0v) is 10.3. The van der Waals surface area contributed by atoms with E-state index in [4.69, 9.17) is 0 Å². The fourth-order valence-electron chi connectivity index (χ4n) is 1.93. The summed E-state index contributed by atoms with van der Waals surface area (Å²) in [7, 11) is 0. The van der Waals surface area contributed by atoms with E-state index in [2.05, 4.69) is 28.2 Å². The minimum absolute atomic E-state index is 0.101. The van der Waals surface area contributed by atoms with Crippen molar-refractivity contribution in [3.8, 4) is 0 Å². The van der Waals surface area contributed by atoms with Crippen molar-refractivity contribution < 1.29 is 4.39 Å². The second kappa shape index (κ2) is 4.62. The monoisotopic (exact) mass is 271 g/mol. The van der Waals surface area contributed by atoms with Crippen LogP contribution in [0.5, 0.6) is 0 Å². The molecule has 1 N–H and O–H groups in total. The molecule has 1 saturated carbocycles. The number of halogens is 2. The molecule has 15 heavy (non-hydrogen) atoms. The Kier molecular flexibility index (Phi) is 3.42. The molecule has 1 nitrogen and oxygen atoms in total. The highest BCUT2D eigenvalue weighted by atomic mass is 79.9. The van der Waals surface area contributed by atoms with Gasteiger partial charge in [-0.3, -0.25) is 0 Å². The van der Waals surface area contributed by atoms with E-state index < -0.39 is 0 Å². The Morgan fingerprint density at radius 2 is 2.27 bits per heavy atom. The fourth-order valence-corrected chi connectivity index (χ4v) is 2.31. The summed E-state index contributed by atoms with van der Waals surface area (Å²) in [6.07, 6.45) is 2.42. The second-order valence-corrected chi connectivity index (χ2v) is 4.95. The maximum Gasteiger partial charge on any atom is 0.128 e. The van der Waals surface area contributed by atoms with E-state index in [1.54, 1.807) is 6.07 Å². The van der Waals surface area contributed by atoms with Gasteiger partial charge in [0.05, 0.1) is 0 Å². The van der Waals surface area contributed by atoms with Crippen LogP contribution in [0.15, 0.2) is 22.7 Å². The van der Waals surface area contributed by atoms with Gasteiger partial charge in [0, 0.05) is 16.1 Å². The number of benzene rings is 1. The van der Waals surface area contributed by atoms with E-state index in [1.165, 1.54) is 18.9 Å². The molecular weight excluding hydrogens is 257 g/mol. The lowest BCUT2D eigenvalue weighted by Gasteiger charge is -2.18. The van der Waals surface area contributed by atoms with Crippen molar-refractivity contribution in [1.82, 2.24) is 5.32 Å². The lowest BCUT2D eigenvalue weighted by molar-refractivity contribution is 0.468. The summed E-state index contributed by atoms with van der Waals surface area (Å²) >= 11 is 3.39. The van der Waals surface area contributed by atoms with Crippen LogP contribution in [-0.4, -0.2) is 6.54 Å². The van der Waals surface area contributed by atoms with Crippen LogP contribution >= 0.6 is 15.9 Å². The van der Waals surface area contributed by atoms with Crippen molar-refractivity contribution in [3.05, 3.63) is 34.1 Å². The molecule has 0 radical (unpaired) electrons. The molecular formula is C12H15BrFN. The molecule has 1 fully saturated rings. The molecule has 0 spiro atoms. The second-order valence-electron chi connectivity index (χ2n) is 4.04. The van der Waals surface area contributed by atoms with Gasteiger partial charge >= 0.3 is 0 Å². The van der Waals surface area contributed by atoms with Crippen LogP contribution in [0.2, 0.25) is 0 Å². The Balaban J connectivity index is 2.27. The molecule has 1 aliphatic rings. The highest BCUT2D eigenvalue weighted by molar-refractivity contribution is 9.10. The predicted molar refractivity (Wildman–Crippen MR) is 63.2 cm³/mol. The van der Waals surface area contributed by atoms with Gasteiger partial charge in [-0.1, -0.05) is 22.9 Å². The Hall–Kier alpha value is -0.410. The number of hydrogen-bond donors (Lipinski definition) is 1. The maximum atomic E-state index is 13.7. The van der Waals surface area contributed by atoms with Crippen LogP contribution in [0.3, 0.4) is 0 Å². The van der Waals surface area contributed by atoms with Crippen molar-refractivity contribution >= 4 is 15.9 Å². The zero-order chi connectivity index (χ0) is 10.8. The molecule has 1 aromatic carbocycles. The fraction of sp³-hybridized carbons (Fsp3) is 0.500. The van der Waals surface area contributed by atoms with Gasteiger partial charge in [0.1, 0.15) is 5.82 Å². The summed E-state index contributed by atoms with van der Waals surface area (Å²) in [6.45, 7) is 2.94. The van der Waals surface area contributed by atoms with Gasteiger partial charge in [0.25, 0.3) is 0 Å². The van der Waals surface area contributed by atoms with Crippen molar-refractivity contribution in [3.63, 3.8) is 0 Å². The largest absolute Gasteiger partial charge is 0.310 e. The quantitative estimate of drug-likeness (QED) is 0.882. The first-order valence-corrected chi connectivity index (χ1v) is 6.20. The summed E-state index contributed by atoms with van der Waals surface area (Å²) in [5, 5.41) is 3.37. The summed E-state index contributed by atoms with van der Waals surface area (Å²) in [5.74, 6) is 0.518. The number of rotatable bonds is 4. The highest BCUT2D eigenvalue weighted by Crippen LogP contribution is 2.42. The highest BCUT2D eigenvalue weighted by Gasteiger charge is 2.33. The Bertz CT molecular complexity index is 349. The molecule has 2 rings (SSSR count). The van der Waals surface area contributed by atoms with Crippen molar-refractivity contribution in [1.29, 1.82) is 0 Å². The standard InChI is InChI=1S/C12H15BrFN/c1-2-15-12(8-3-4-8)10-7-9(13)5-6-11(10)14/h5-8,12,15H,2-4H2,1H3. The molecule has 3 heteroatoms. The average molecular weight is 272 g/mol. The molecule has 82 valence electrons. The van der Waals surface area contributed by atoms with Crippen LogP contribution < -0.4 is 5.32 Å². The first-order chi connectivity index (χ1) is 7.22. The summed E-state index contributed by atoms with van der Waals surface area (Å²) in [5.41, 5.74) is 0.800. The van der Waals surface area contributed by atoms with Gasteiger partial charge in [0.2, 0.25) is 0 Å². The third-order valence-corrected chi connectivity index (χ3v) is 3.30. The summed E-state index contributed by atoms with van der Waals surface area (Å²) < 4.78 is 14.6. The van der Waals surface area contributed by atoms with E-state index >= 15 is 0 Å². The van der Waals surface area contributed by atoms with Gasteiger partial charge in [-0.05, 0) is 43.5 Å². The van der Waals surface area contributed by atoms with Crippen molar-refractivity contribution in [2.75, 3.05) is 6.54 Å². The molecule has 1 aromatic rings. The first-order valence-electron chi connectivity index (χ1n) is 5.40. The maximum absolute atomic E-state index is 13.7. The topological polar surface area (TPSA) is 12.0 Å². The van der Waals surface area contributed by atoms with Gasteiger partial charge in [-0.2, -0.15) is 0 Å². The molecule has 1 unspecified atom stereocenters. The molecule has 0 amide bonds. The van der Waals surface area contributed by atoms with Crippen molar-refractivity contribution in [2.24, 2.45) is 5.92 Å². The molecule has 0 aliphatic heterocycles. The van der Waals surface area contributed by atoms with Crippen LogP contribution in [-0.2, 0) is 0 Å².